The maximum Gasteiger partial charge on any atom is 0.347 e. The van der Waals surface area contributed by atoms with Crippen molar-refractivity contribution in [3.63, 3.8) is 0 Å². The van der Waals surface area contributed by atoms with Crippen molar-refractivity contribution < 1.29 is 24.2 Å². The van der Waals surface area contributed by atoms with Crippen molar-refractivity contribution in [3.05, 3.63) is 29.3 Å². The summed E-state index contributed by atoms with van der Waals surface area (Å²) in [5.74, 6) is 1.09. The average molecular weight is 356 g/mol. The van der Waals surface area contributed by atoms with Gasteiger partial charge in [0.15, 0.2) is 0 Å². The first-order valence-corrected chi connectivity index (χ1v) is 9.58. The molecule has 1 N–H and O–H groups in total. The molecular weight excluding hydrogens is 332 g/mol. The van der Waals surface area contributed by atoms with Crippen LogP contribution in [0.25, 0.3) is 0 Å². The van der Waals surface area contributed by atoms with Crippen LogP contribution in [0.5, 0.6) is 5.75 Å². The van der Waals surface area contributed by atoms with Gasteiger partial charge < -0.3 is 14.6 Å². The Hall–Kier alpha value is -1.88. The largest absolute Gasteiger partial charge is 0.497 e. The number of ether oxygens (including phenoxy) is 2. The molecule has 4 saturated carbocycles. The molecule has 26 heavy (non-hydrogen) atoms. The Bertz CT molecular complexity index is 762. The Morgan fingerprint density at radius 3 is 2.31 bits per heavy atom. The molecule has 0 heterocycles. The monoisotopic (exact) mass is 356 g/mol. The minimum absolute atomic E-state index is 0.0175. The van der Waals surface area contributed by atoms with Crippen molar-refractivity contribution in [1.82, 2.24) is 0 Å². The molecule has 1 atom stereocenters. The summed E-state index contributed by atoms with van der Waals surface area (Å²) in [6, 6.07) is 5.07. The molecule has 0 radical (unpaired) electrons. The van der Waals surface area contributed by atoms with Gasteiger partial charge in [0.1, 0.15) is 11.4 Å². The highest BCUT2D eigenvalue weighted by molar-refractivity contribution is 6.18. The van der Waals surface area contributed by atoms with Crippen LogP contribution in [0.2, 0.25) is 0 Å². The van der Waals surface area contributed by atoms with E-state index in [1.165, 1.54) is 26.4 Å². The molecule has 5 aliphatic carbocycles. The number of aliphatic hydroxyl groups is 1. The highest BCUT2D eigenvalue weighted by Crippen LogP contribution is 2.57. The van der Waals surface area contributed by atoms with Crippen molar-refractivity contribution in [2.24, 2.45) is 17.8 Å². The van der Waals surface area contributed by atoms with E-state index in [4.69, 9.17) is 9.47 Å². The lowest BCUT2D eigenvalue weighted by Gasteiger charge is -2.56. The SMILES string of the molecule is COc1ccc2c(c1)C(=O)C(O)(C(=O)OC13CC4CC(CC(C4)C1)C3)C2. The van der Waals surface area contributed by atoms with Gasteiger partial charge in [-0.2, -0.15) is 0 Å². The summed E-state index contributed by atoms with van der Waals surface area (Å²) in [5.41, 5.74) is -1.54. The van der Waals surface area contributed by atoms with Gasteiger partial charge in [0.25, 0.3) is 0 Å². The lowest BCUT2D eigenvalue weighted by molar-refractivity contribution is -0.199. The zero-order chi connectivity index (χ0) is 18.1. The van der Waals surface area contributed by atoms with Gasteiger partial charge in [-0.3, -0.25) is 4.79 Å². The number of methoxy groups -OCH3 is 1. The molecule has 0 saturated heterocycles. The topological polar surface area (TPSA) is 72.8 Å². The van der Waals surface area contributed by atoms with Crippen LogP contribution in [0.3, 0.4) is 0 Å². The lowest BCUT2D eigenvalue weighted by Crippen LogP contribution is -2.56. The van der Waals surface area contributed by atoms with Crippen LogP contribution >= 0.6 is 0 Å². The van der Waals surface area contributed by atoms with Crippen LogP contribution in [0.4, 0.5) is 0 Å². The predicted molar refractivity (Wildman–Crippen MR) is 93.0 cm³/mol. The second-order valence-corrected chi connectivity index (χ2v) is 8.88. The summed E-state index contributed by atoms with van der Waals surface area (Å²) < 4.78 is 11.1. The summed E-state index contributed by atoms with van der Waals surface area (Å²) >= 11 is 0. The quantitative estimate of drug-likeness (QED) is 0.666. The number of fused-ring (bicyclic) bond motifs is 1. The number of carbonyl (C=O) groups is 2. The Balaban J connectivity index is 1.40. The summed E-state index contributed by atoms with van der Waals surface area (Å²) in [7, 11) is 1.52. The Labute approximate surface area is 152 Å². The molecule has 0 aromatic heterocycles. The van der Waals surface area contributed by atoms with Gasteiger partial charge in [-0.1, -0.05) is 6.07 Å². The lowest BCUT2D eigenvalue weighted by atomic mass is 9.54. The molecule has 1 aromatic carbocycles. The van der Waals surface area contributed by atoms with E-state index < -0.39 is 23.0 Å². The molecule has 0 aliphatic heterocycles. The van der Waals surface area contributed by atoms with Crippen LogP contribution in [-0.2, 0) is 16.0 Å². The number of carbonyl (C=O) groups excluding carboxylic acids is 2. The summed E-state index contributed by atoms with van der Waals surface area (Å²) in [6.07, 6.45) is 6.36. The molecule has 4 fully saturated rings. The third kappa shape index (κ3) is 2.26. The molecule has 138 valence electrons. The maximum absolute atomic E-state index is 13.0. The number of hydrogen-bond donors (Lipinski definition) is 1. The van der Waals surface area contributed by atoms with E-state index in [0.29, 0.717) is 34.6 Å². The molecule has 5 nitrogen and oxygen atoms in total. The van der Waals surface area contributed by atoms with Gasteiger partial charge in [0, 0.05) is 12.0 Å². The fourth-order valence-electron chi connectivity index (χ4n) is 6.23. The summed E-state index contributed by atoms with van der Waals surface area (Å²) in [4.78, 5) is 25.8. The molecule has 0 amide bonds. The van der Waals surface area contributed by atoms with E-state index in [-0.39, 0.29) is 6.42 Å². The van der Waals surface area contributed by atoms with E-state index in [0.717, 1.165) is 19.3 Å². The van der Waals surface area contributed by atoms with Gasteiger partial charge in [-0.15, -0.1) is 0 Å². The van der Waals surface area contributed by atoms with Crippen LogP contribution in [0.15, 0.2) is 18.2 Å². The van der Waals surface area contributed by atoms with E-state index in [1.807, 2.05) is 0 Å². The fraction of sp³-hybridized carbons (Fsp3) is 0.619. The predicted octanol–water partition coefficient (Wildman–Crippen LogP) is 2.68. The highest BCUT2D eigenvalue weighted by atomic mass is 16.6. The second kappa shape index (κ2) is 5.32. The molecule has 4 bridgehead atoms. The smallest absolute Gasteiger partial charge is 0.347 e. The minimum Gasteiger partial charge on any atom is -0.497 e. The third-order valence-corrected chi connectivity index (χ3v) is 7.01. The first kappa shape index (κ1) is 16.3. The minimum atomic E-state index is -2.10. The zero-order valence-electron chi connectivity index (χ0n) is 15.0. The van der Waals surface area contributed by atoms with Gasteiger partial charge in [0.05, 0.1) is 7.11 Å². The molecule has 0 spiro atoms. The normalized spacial score (nSPS) is 39.8. The Morgan fingerprint density at radius 1 is 1.12 bits per heavy atom. The van der Waals surface area contributed by atoms with E-state index in [1.54, 1.807) is 18.2 Å². The zero-order valence-corrected chi connectivity index (χ0v) is 15.0. The van der Waals surface area contributed by atoms with Crippen LogP contribution in [0.1, 0.15) is 54.4 Å². The highest BCUT2D eigenvalue weighted by Gasteiger charge is 2.57. The van der Waals surface area contributed by atoms with E-state index in [2.05, 4.69) is 0 Å². The molecular formula is C21H24O5. The standard InChI is InChI=1S/C21H24O5/c1-25-16-3-2-15-11-21(24,18(22)17(15)7-16)19(23)26-20-8-12-4-13(9-20)6-14(5-12)10-20/h2-3,7,12-14,24H,4-6,8-11H2,1H3. The van der Waals surface area contributed by atoms with Crippen LogP contribution in [0, 0.1) is 17.8 Å². The third-order valence-electron chi connectivity index (χ3n) is 7.01. The summed E-state index contributed by atoms with van der Waals surface area (Å²) in [5, 5.41) is 11.0. The van der Waals surface area contributed by atoms with Gasteiger partial charge in [-0.25, -0.2) is 4.79 Å². The van der Waals surface area contributed by atoms with Crippen molar-refractivity contribution in [3.8, 4) is 5.75 Å². The van der Waals surface area contributed by atoms with Crippen molar-refractivity contribution in [1.29, 1.82) is 0 Å². The summed E-state index contributed by atoms with van der Waals surface area (Å²) in [6.45, 7) is 0. The van der Waals surface area contributed by atoms with E-state index >= 15 is 0 Å². The number of esters is 1. The fourth-order valence-corrected chi connectivity index (χ4v) is 6.23. The second-order valence-electron chi connectivity index (χ2n) is 8.88. The number of hydrogen-bond acceptors (Lipinski definition) is 5. The average Bonchev–Trinajstić information content (AvgIpc) is 2.85. The molecule has 1 unspecified atom stereocenters. The number of ketones is 1. The molecule has 5 heteroatoms. The van der Waals surface area contributed by atoms with Gasteiger partial charge in [0.2, 0.25) is 11.4 Å². The number of Topliss-reactive ketones (excluding diaryl/α,β-unsaturated/α-hetero) is 1. The van der Waals surface area contributed by atoms with E-state index in [9.17, 15) is 14.7 Å². The first-order valence-electron chi connectivity index (χ1n) is 9.58. The van der Waals surface area contributed by atoms with Crippen molar-refractivity contribution >= 4 is 11.8 Å². The Morgan fingerprint density at radius 2 is 1.73 bits per heavy atom. The molecule has 5 aliphatic rings. The number of rotatable bonds is 3. The first-order chi connectivity index (χ1) is 12.4. The van der Waals surface area contributed by atoms with Gasteiger partial charge >= 0.3 is 5.97 Å². The Kier molecular flexibility index (Phi) is 3.34. The van der Waals surface area contributed by atoms with Crippen LogP contribution < -0.4 is 4.74 Å². The molecule has 6 rings (SSSR count). The molecule has 1 aromatic rings. The number of benzene rings is 1. The maximum atomic E-state index is 13.0. The van der Waals surface area contributed by atoms with Crippen molar-refractivity contribution in [2.75, 3.05) is 7.11 Å². The van der Waals surface area contributed by atoms with Gasteiger partial charge in [-0.05, 0) is 74.0 Å². The van der Waals surface area contributed by atoms with Crippen molar-refractivity contribution in [2.45, 2.75) is 56.1 Å². The van der Waals surface area contributed by atoms with Crippen LogP contribution in [-0.4, -0.2) is 35.2 Å².